The number of piperidine rings is 1. The van der Waals surface area contributed by atoms with E-state index in [1.807, 2.05) is 6.07 Å². The van der Waals surface area contributed by atoms with Crippen LogP contribution in [-0.2, 0) is 22.6 Å². The van der Waals surface area contributed by atoms with Crippen LogP contribution in [0.4, 0.5) is 11.5 Å². The molecule has 0 amide bonds. The number of hydrogen-bond donors (Lipinski definition) is 1. The van der Waals surface area contributed by atoms with E-state index in [2.05, 4.69) is 19.4 Å². The molecule has 0 spiro atoms. The van der Waals surface area contributed by atoms with Gasteiger partial charge in [-0.25, -0.2) is 9.97 Å². The van der Waals surface area contributed by atoms with Gasteiger partial charge in [0.2, 0.25) is 0 Å². The summed E-state index contributed by atoms with van der Waals surface area (Å²) in [4.78, 5) is 14.5. The minimum Gasteiger partial charge on any atom is -0.384 e. The number of ether oxygens (including phenoxy) is 2. The summed E-state index contributed by atoms with van der Waals surface area (Å²) in [5, 5.41) is 0. The summed E-state index contributed by atoms with van der Waals surface area (Å²) in [6.45, 7) is 7.65. The lowest BCUT2D eigenvalue weighted by Crippen LogP contribution is -2.36. The van der Waals surface area contributed by atoms with E-state index in [0.717, 1.165) is 75.2 Å². The first-order chi connectivity index (χ1) is 13.3. The monoisotopic (exact) mass is 374 g/mol. The zero-order valence-electron chi connectivity index (χ0n) is 16.2. The lowest BCUT2D eigenvalue weighted by atomic mass is 10.1. The molecule has 2 aliphatic heterocycles. The zero-order valence-corrected chi connectivity index (χ0v) is 16.2. The Morgan fingerprint density at radius 2 is 1.89 bits per heavy atom. The Bertz CT molecular complexity index is 765. The summed E-state index contributed by atoms with van der Waals surface area (Å²) in [7, 11) is 1.73. The number of methoxy groups -OCH3 is 1. The van der Waals surface area contributed by atoms with E-state index in [1.54, 1.807) is 7.11 Å². The highest BCUT2D eigenvalue weighted by Gasteiger charge is 2.22. The van der Waals surface area contributed by atoms with Crippen molar-refractivity contribution in [3.8, 4) is 0 Å². The Hall–Kier alpha value is -1.90. The molecule has 27 heavy (non-hydrogen) atoms. The summed E-state index contributed by atoms with van der Waals surface area (Å²) in [6, 6.07) is 1.95. The first-order valence-electron chi connectivity index (χ1n) is 9.96. The Morgan fingerprint density at radius 1 is 1.11 bits per heavy atom. The fourth-order valence-electron chi connectivity index (χ4n) is 4.04. The molecule has 0 saturated carbocycles. The van der Waals surface area contributed by atoms with Crippen LogP contribution >= 0.6 is 0 Å². The maximum Gasteiger partial charge on any atom is 0.164 e. The minimum absolute atomic E-state index is 0.534. The third-order valence-corrected chi connectivity index (χ3v) is 5.47. The van der Waals surface area contributed by atoms with Gasteiger partial charge in [-0.05, 0) is 25.9 Å². The molecule has 0 aliphatic carbocycles. The molecule has 0 atom stereocenters. The van der Waals surface area contributed by atoms with E-state index >= 15 is 0 Å². The van der Waals surface area contributed by atoms with E-state index in [9.17, 15) is 0 Å². The van der Waals surface area contributed by atoms with Crippen LogP contribution in [0, 0.1) is 0 Å². The van der Waals surface area contributed by atoms with Gasteiger partial charge in [-0.15, -0.1) is 0 Å². The van der Waals surface area contributed by atoms with Crippen molar-refractivity contribution in [3.63, 3.8) is 0 Å². The van der Waals surface area contributed by atoms with Gasteiger partial charge in [0.05, 0.1) is 32.1 Å². The molecule has 148 valence electrons. The van der Waals surface area contributed by atoms with Crippen molar-refractivity contribution in [2.45, 2.75) is 32.4 Å². The number of pyridine rings is 1. The number of likely N-dealkylation sites (tertiary alicyclic amines) is 1. The van der Waals surface area contributed by atoms with Gasteiger partial charge in [-0.3, -0.25) is 4.90 Å². The molecule has 4 heterocycles. The third kappa shape index (κ3) is 4.02. The molecule has 0 bridgehead atoms. The number of hydrogen-bond acceptors (Lipinski definition) is 7. The molecule has 0 radical (unpaired) electrons. The van der Waals surface area contributed by atoms with Crippen molar-refractivity contribution in [3.05, 3.63) is 11.9 Å². The van der Waals surface area contributed by atoms with Crippen molar-refractivity contribution in [2.24, 2.45) is 0 Å². The van der Waals surface area contributed by atoms with Gasteiger partial charge in [-0.2, -0.15) is 0 Å². The van der Waals surface area contributed by atoms with Crippen molar-refractivity contribution in [2.75, 3.05) is 63.7 Å². The van der Waals surface area contributed by atoms with Crippen molar-refractivity contribution < 1.29 is 9.47 Å². The summed E-state index contributed by atoms with van der Waals surface area (Å²) < 4.78 is 13.0. The standard InChI is InChI=1S/C19H30N6O2/c1-26-10-9-25-17(14-23-5-3-2-4-6-23)22-18-15(13-16(20)21-19(18)25)24-7-11-27-12-8-24/h13H,2-12,14H2,1H3,(H2,20,21). The number of nitrogen functional groups attached to an aromatic ring is 1. The second-order valence-electron chi connectivity index (χ2n) is 7.35. The molecule has 2 aliphatic rings. The molecule has 8 heteroatoms. The number of anilines is 2. The number of fused-ring (bicyclic) bond motifs is 1. The largest absolute Gasteiger partial charge is 0.384 e. The second kappa shape index (κ2) is 8.41. The van der Waals surface area contributed by atoms with Crippen LogP contribution in [0.3, 0.4) is 0 Å². The summed E-state index contributed by atoms with van der Waals surface area (Å²) in [5.41, 5.74) is 9.04. The van der Waals surface area contributed by atoms with Gasteiger partial charge in [0.15, 0.2) is 5.65 Å². The predicted octanol–water partition coefficient (Wildman–Crippen LogP) is 1.48. The lowest BCUT2D eigenvalue weighted by molar-refractivity contribution is 0.123. The number of imidazole rings is 1. The lowest BCUT2D eigenvalue weighted by Gasteiger charge is -2.29. The average molecular weight is 374 g/mol. The Balaban J connectivity index is 1.73. The van der Waals surface area contributed by atoms with E-state index in [-0.39, 0.29) is 0 Å². The maximum atomic E-state index is 6.17. The molecule has 4 rings (SSSR count). The van der Waals surface area contributed by atoms with Gasteiger partial charge >= 0.3 is 0 Å². The van der Waals surface area contributed by atoms with Crippen molar-refractivity contribution in [1.82, 2.24) is 19.4 Å². The van der Waals surface area contributed by atoms with E-state index in [1.165, 1.54) is 19.3 Å². The van der Waals surface area contributed by atoms with Crippen LogP contribution in [0.15, 0.2) is 6.07 Å². The van der Waals surface area contributed by atoms with Crippen molar-refractivity contribution >= 4 is 22.7 Å². The molecular weight excluding hydrogens is 344 g/mol. The Labute approximate surface area is 160 Å². The SMILES string of the molecule is COCCn1c(CN2CCCCC2)nc2c(N3CCOCC3)cc(N)nc21. The number of morpholine rings is 1. The van der Waals surface area contributed by atoms with Gasteiger partial charge in [0, 0.05) is 32.8 Å². The Kier molecular flexibility index (Phi) is 5.75. The summed E-state index contributed by atoms with van der Waals surface area (Å²) in [5.74, 6) is 1.59. The van der Waals surface area contributed by atoms with Crippen LogP contribution in [-0.4, -0.2) is 72.5 Å². The summed E-state index contributed by atoms with van der Waals surface area (Å²) in [6.07, 6.45) is 3.86. The molecule has 2 saturated heterocycles. The third-order valence-electron chi connectivity index (χ3n) is 5.47. The normalized spacial score (nSPS) is 19.1. The minimum atomic E-state index is 0.534. The molecular formula is C19H30N6O2. The number of nitrogens with two attached hydrogens (primary N) is 1. The molecule has 8 nitrogen and oxygen atoms in total. The van der Waals surface area contributed by atoms with Crippen LogP contribution in [0.5, 0.6) is 0 Å². The fraction of sp³-hybridized carbons (Fsp3) is 0.684. The molecule has 0 aromatic carbocycles. The van der Waals surface area contributed by atoms with Gasteiger partial charge in [0.1, 0.15) is 17.2 Å². The topological polar surface area (TPSA) is 81.7 Å². The fourth-order valence-corrected chi connectivity index (χ4v) is 4.04. The number of nitrogens with zero attached hydrogens (tertiary/aromatic N) is 5. The van der Waals surface area contributed by atoms with Crippen LogP contribution in [0.25, 0.3) is 11.2 Å². The maximum absolute atomic E-state index is 6.17. The summed E-state index contributed by atoms with van der Waals surface area (Å²) >= 11 is 0. The van der Waals surface area contributed by atoms with Gasteiger partial charge in [-0.1, -0.05) is 6.42 Å². The van der Waals surface area contributed by atoms with E-state index < -0.39 is 0 Å². The first kappa shape index (κ1) is 18.5. The highest BCUT2D eigenvalue weighted by Crippen LogP contribution is 2.29. The van der Waals surface area contributed by atoms with Crippen LogP contribution in [0.1, 0.15) is 25.1 Å². The second-order valence-corrected chi connectivity index (χ2v) is 7.35. The van der Waals surface area contributed by atoms with Crippen molar-refractivity contribution in [1.29, 1.82) is 0 Å². The number of aromatic nitrogens is 3. The zero-order chi connectivity index (χ0) is 18.6. The van der Waals surface area contributed by atoms with E-state index in [0.29, 0.717) is 12.4 Å². The average Bonchev–Trinajstić information content (AvgIpc) is 3.04. The molecule has 2 N–H and O–H groups in total. The predicted molar refractivity (Wildman–Crippen MR) is 106 cm³/mol. The highest BCUT2D eigenvalue weighted by atomic mass is 16.5. The Morgan fingerprint density at radius 3 is 2.63 bits per heavy atom. The molecule has 2 fully saturated rings. The number of rotatable bonds is 6. The molecule has 0 unspecified atom stereocenters. The van der Waals surface area contributed by atoms with Crippen LogP contribution < -0.4 is 10.6 Å². The van der Waals surface area contributed by atoms with E-state index in [4.69, 9.17) is 20.2 Å². The quantitative estimate of drug-likeness (QED) is 0.820. The van der Waals surface area contributed by atoms with Gasteiger partial charge in [0.25, 0.3) is 0 Å². The molecule has 2 aromatic rings. The molecule has 2 aromatic heterocycles. The highest BCUT2D eigenvalue weighted by molar-refractivity contribution is 5.88. The smallest absolute Gasteiger partial charge is 0.164 e. The van der Waals surface area contributed by atoms with Crippen LogP contribution in [0.2, 0.25) is 0 Å². The van der Waals surface area contributed by atoms with Gasteiger partial charge < -0.3 is 24.7 Å². The first-order valence-corrected chi connectivity index (χ1v) is 9.96.